The maximum atomic E-state index is 12.6. The zero-order valence-electron chi connectivity index (χ0n) is 15.0. The lowest BCUT2D eigenvalue weighted by atomic mass is 9.80. The van der Waals surface area contributed by atoms with E-state index in [2.05, 4.69) is 5.32 Å². The SMILES string of the molecule is O=C(CCc1ccc(S(=O)(=O)N2CCOCC2)cc1)NC1CC(C(=O)O)C1. The minimum Gasteiger partial charge on any atom is -0.481 e. The molecule has 1 aliphatic carbocycles. The molecule has 0 unspecified atom stereocenters. The fourth-order valence-corrected chi connectivity index (χ4v) is 4.67. The molecule has 0 bridgehead atoms. The third kappa shape index (κ3) is 4.85. The van der Waals surface area contributed by atoms with Crippen molar-refractivity contribution >= 4 is 21.9 Å². The summed E-state index contributed by atoms with van der Waals surface area (Å²) in [5.41, 5.74) is 0.878. The predicted octanol–water partition coefficient (Wildman–Crippen LogP) is 0.619. The van der Waals surface area contributed by atoms with E-state index < -0.39 is 16.0 Å². The molecular weight excluding hydrogens is 372 g/mol. The fourth-order valence-electron chi connectivity index (χ4n) is 3.26. The van der Waals surface area contributed by atoms with Gasteiger partial charge in [-0.2, -0.15) is 4.31 Å². The van der Waals surface area contributed by atoms with Crippen molar-refractivity contribution in [2.75, 3.05) is 26.3 Å². The number of sulfonamides is 1. The fraction of sp³-hybridized carbons (Fsp3) is 0.556. The summed E-state index contributed by atoms with van der Waals surface area (Å²) in [6.07, 6.45) is 1.74. The molecule has 3 rings (SSSR count). The van der Waals surface area contributed by atoms with E-state index in [1.165, 1.54) is 4.31 Å². The summed E-state index contributed by atoms with van der Waals surface area (Å²) in [5.74, 6) is -1.28. The van der Waals surface area contributed by atoms with Gasteiger partial charge in [-0.15, -0.1) is 0 Å². The first-order valence-corrected chi connectivity index (χ1v) is 10.5. The van der Waals surface area contributed by atoms with Gasteiger partial charge in [0.15, 0.2) is 0 Å². The zero-order valence-corrected chi connectivity index (χ0v) is 15.8. The van der Waals surface area contributed by atoms with Crippen LogP contribution in [-0.4, -0.2) is 62.1 Å². The number of amides is 1. The van der Waals surface area contributed by atoms with E-state index in [-0.39, 0.29) is 29.2 Å². The molecule has 0 aromatic heterocycles. The summed E-state index contributed by atoms with van der Waals surface area (Å²) in [5, 5.41) is 11.7. The number of carboxylic acid groups (broad SMARTS) is 1. The van der Waals surface area contributed by atoms with Gasteiger partial charge < -0.3 is 15.2 Å². The first-order chi connectivity index (χ1) is 12.9. The Morgan fingerprint density at radius 3 is 2.37 bits per heavy atom. The van der Waals surface area contributed by atoms with Crippen LogP contribution in [0.2, 0.25) is 0 Å². The molecule has 0 atom stereocenters. The maximum absolute atomic E-state index is 12.6. The number of rotatable bonds is 7. The van der Waals surface area contributed by atoms with Crippen molar-refractivity contribution in [2.45, 2.75) is 36.6 Å². The second-order valence-electron chi connectivity index (χ2n) is 6.93. The topological polar surface area (TPSA) is 113 Å². The van der Waals surface area contributed by atoms with Crippen molar-refractivity contribution in [2.24, 2.45) is 5.92 Å². The monoisotopic (exact) mass is 396 g/mol. The summed E-state index contributed by atoms with van der Waals surface area (Å²) in [7, 11) is -3.51. The van der Waals surface area contributed by atoms with Gasteiger partial charge in [-0.05, 0) is 37.0 Å². The molecular formula is C18H24N2O6S. The van der Waals surface area contributed by atoms with E-state index in [1.54, 1.807) is 24.3 Å². The molecule has 148 valence electrons. The Labute approximate surface area is 158 Å². The molecule has 2 fully saturated rings. The van der Waals surface area contributed by atoms with Crippen LogP contribution in [-0.2, 0) is 30.8 Å². The maximum Gasteiger partial charge on any atom is 0.306 e. The molecule has 1 heterocycles. The number of carbonyl (C=O) groups is 2. The number of carbonyl (C=O) groups excluding carboxylic acids is 1. The van der Waals surface area contributed by atoms with Gasteiger partial charge in [0, 0.05) is 25.6 Å². The van der Waals surface area contributed by atoms with E-state index in [4.69, 9.17) is 9.84 Å². The largest absolute Gasteiger partial charge is 0.481 e. The van der Waals surface area contributed by atoms with E-state index in [9.17, 15) is 18.0 Å². The van der Waals surface area contributed by atoms with Crippen molar-refractivity contribution in [3.63, 3.8) is 0 Å². The van der Waals surface area contributed by atoms with Gasteiger partial charge in [-0.3, -0.25) is 9.59 Å². The van der Waals surface area contributed by atoms with Crippen LogP contribution in [0.4, 0.5) is 0 Å². The number of benzene rings is 1. The molecule has 9 heteroatoms. The summed E-state index contributed by atoms with van der Waals surface area (Å²) in [6.45, 7) is 1.52. The number of carboxylic acids is 1. The molecule has 1 amide bonds. The summed E-state index contributed by atoms with van der Waals surface area (Å²) in [6, 6.07) is 6.54. The number of hydrogen-bond donors (Lipinski definition) is 2. The zero-order chi connectivity index (χ0) is 19.4. The smallest absolute Gasteiger partial charge is 0.306 e. The molecule has 0 radical (unpaired) electrons. The number of nitrogens with zero attached hydrogens (tertiary/aromatic N) is 1. The van der Waals surface area contributed by atoms with Crippen molar-refractivity contribution in [3.05, 3.63) is 29.8 Å². The number of aryl methyl sites for hydroxylation is 1. The van der Waals surface area contributed by atoms with Gasteiger partial charge in [0.05, 0.1) is 24.0 Å². The van der Waals surface area contributed by atoms with Gasteiger partial charge in [0.2, 0.25) is 15.9 Å². The predicted molar refractivity (Wildman–Crippen MR) is 96.6 cm³/mol. The minimum absolute atomic E-state index is 0.0559. The average molecular weight is 396 g/mol. The van der Waals surface area contributed by atoms with Crippen molar-refractivity contribution in [3.8, 4) is 0 Å². The Kier molecular flexibility index (Phi) is 6.13. The van der Waals surface area contributed by atoms with Gasteiger partial charge in [0.25, 0.3) is 0 Å². The van der Waals surface area contributed by atoms with Crippen LogP contribution in [0.25, 0.3) is 0 Å². The standard InChI is InChI=1S/C18H24N2O6S/c21-17(19-15-11-14(12-15)18(22)23)6-3-13-1-4-16(5-2-13)27(24,25)20-7-9-26-10-8-20/h1-2,4-5,14-15H,3,6-12H2,(H,19,21)(H,22,23). The molecule has 0 spiro atoms. The van der Waals surface area contributed by atoms with Crippen molar-refractivity contribution in [1.82, 2.24) is 9.62 Å². The van der Waals surface area contributed by atoms with Gasteiger partial charge in [-0.25, -0.2) is 8.42 Å². The van der Waals surface area contributed by atoms with Gasteiger partial charge >= 0.3 is 5.97 Å². The highest BCUT2D eigenvalue weighted by molar-refractivity contribution is 7.89. The molecule has 2 N–H and O–H groups in total. The summed E-state index contributed by atoms with van der Waals surface area (Å²) < 4.78 is 31.7. The molecule has 2 aliphatic rings. The second kappa shape index (κ2) is 8.37. The molecule has 1 saturated heterocycles. The third-order valence-electron chi connectivity index (χ3n) is 5.02. The quantitative estimate of drug-likeness (QED) is 0.699. The number of hydrogen-bond acceptors (Lipinski definition) is 5. The minimum atomic E-state index is -3.51. The number of nitrogens with one attached hydrogen (secondary N) is 1. The van der Waals surface area contributed by atoms with Crippen LogP contribution in [0.1, 0.15) is 24.8 Å². The van der Waals surface area contributed by atoms with Crippen LogP contribution in [0.5, 0.6) is 0 Å². The Morgan fingerprint density at radius 1 is 1.15 bits per heavy atom. The number of ether oxygens (including phenoxy) is 1. The Balaban J connectivity index is 1.48. The molecule has 1 aromatic carbocycles. The van der Waals surface area contributed by atoms with Crippen LogP contribution < -0.4 is 5.32 Å². The Bertz CT molecular complexity index is 781. The highest BCUT2D eigenvalue weighted by Crippen LogP contribution is 2.27. The molecule has 1 saturated carbocycles. The van der Waals surface area contributed by atoms with Gasteiger partial charge in [0.1, 0.15) is 0 Å². The normalized spacial score (nSPS) is 23.4. The van der Waals surface area contributed by atoms with E-state index in [1.807, 2.05) is 0 Å². The lowest BCUT2D eigenvalue weighted by Crippen LogP contribution is -2.46. The lowest BCUT2D eigenvalue weighted by molar-refractivity contribution is -0.146. The van der Waals surface area contributed by atoms with Crippen LogP contribution in [0.15, 0.2) is 29.2 Å². The van der Waals surface area contributed by atoms with Crippen LogP contribution >= 0.6 is 0 Å². The van der Waals surface area contributed by atoms with Crippen LogP contribution in [0, 0.1) is 5.92 Å². The Morgan fingerprint density at radius 2 is 1.78 bits per heavy atom. The average Bonchev–Trinajstić information content (AvgIpc) is 2.63. The first kappa shape index (κ1) is 19.8. The summed E-state index contributed by atoms with van der Waals surface area (Å²) in [4.78, 5) is 23.0. The van der Waals surface area contributed by atoms with Crippen molar-refractivity contribution < 1.29 is 27.9 Å². The molecule has 1 aromatic rings. The second-order valence-corrected chi connectivity index (χ2v) is 8.87. The lowest BCUT2D eigenvalue weighted by Gasteiger charge is -2.32. The summed E-state index contributed by atoms with van der Waals surface area (Å²) >= 11 is 0. The number of aliphatic carboxylic acids is 1. The first-order valence-electron chi connectivity index (χ1n) is 9.05. The van der Waals surface area contributed by atoms with E-state index in [0.29, 0.717) is 45.6 Å². The molecule has 8 nitrogen and oxygen atoms in total. The number of morpholine rings is 1. The Hall–Kier alpha value is -1.97. The highest BCUT2D eigenvalue weighted by Gasteiger charge is 2.35. The highest BCUT2D eigenvalue weighted by atomic mass is 32.2. The third-order valence-corrected chi connectivity index (χ3v) is 6.94. The molecule has 1 aliphatic heterocycles. The van der Waals surface area contributed by atoms with Crippen molar-refractivity contribution in [1.29, 1.82) is 0 Å². The van der Waals surface area contributed by atoms with Gasteiger partial charge in [-0.1, -0.05) is 12.1 Å². The molecule has 27 heavy (non-hydrogen) atoms. The van der Waals surface area contributed by atoms with E-state index in [0.717, 1.165) is 5.56 Å². The van der Waals surface area contributed by atoms with E-state index >= 15 is 0 Å². The van der Waals surface area contributed by atoms with Crippen LogP contribution in [0.3, 0.4) is 0 Å².